The topological polar surface area (TPSA) is 57.3 Å². The molecule has 0 saturated heterocycles. The molecule has 0 spiro atoms. The van der Waals surface area contributed by atoms with Crippen LogP contribution >= 0.6 is 0 Å². The summed E-state index contributed by atoms with van der Waals surface area (Å²) in [6.07, 6.45) is 3.39. The molecule has 1 amide bonds. The number of hydrogen-bond acceptors (Lipinski definition) is 4. The first-order valence-electron chi connectivity index (χ1n) is 8.56. The molecule has 1 aromatic carbocycles. The zero-order valence-electron chi connectivity index (χ0n) is 15.2. The lowest BCUT2D eigenvalue weighted by Gasteiger charge is -2.22. The van der Waals surface area contributed by atoms with Gasteiger partial charge in [-0.05, 0) is 56.7 Å². The number of rotatable bonds is 8. The molecule has 0 unspecified atom stereocenters. The van der Waals surface area contributed by atoms with Gasteiger partial charge in [0.25, 0.3) is 5.91 Å². The second-order valence-electron chi connectivity index (χ2n) is 5.72. The van der Waals surface area contributed by atoms with Crippen LogP contribution in [0.4, 0.5) is 17.1 Å². The summed E-state index contributed by atoms with van der Waals surface area (Å²) in [5, 5.41) is 6.10. The normalized spacial score (nSPS) is 10.2. The maximum atomic E-state index is 12.5. The number of carbonyl (C=O) groups excluding carboxylic acids is 1. The number of carbonyl (C=O) groups is 1. The van der Waals surface area contributed by atoms with E-state index in [1.54, 1.807) is 18.3 Å². The quantitative estimate of drug-likeness (QED) is 0.712. The monoisotopic (exact) mass is 338 g/mol. The standard InChI is InChI=1S/C20H26N4O/c1-5-11-21-16-10-12-22-19(14-16)20(25)23-18-9-8-17(13-15(18)4)24(6-2)7-3/h5,8-10,12-14H,1,6-7,11H2,2-4H3,(H,21,22)(H,23,25). The molecule has 132 valence electrons. The van der Waals surface area contributed by atoms with Crippen molar-refractivity contribution in [3.63, 3.8) is 0 Å². The van der Waals surface area contributed by atoms with E-state index in [-0.39, 0.29) is 5.91 Å². The highest BCUT2D eigenvalue weighted by Gasteiger charge is 2.11. The Kier molecular flexibility index (Phi) is 6.57. The summed E-state index contributed by atoms with van der Waals surface area (Å²) >= 11 is 0. The molecule has 2 N–H and O–H groups in total. The number of aryl methyl sites for hydroxylation is 1. The second-order valence-corrected chi connectivity index (χ2v) is 5.72. The lowest BCUT2D eigenvalue weighted by molar-refractivity contribution is 0.102. The van der Waals surface area contributed by atoms with Gasteiger partial charge in [-0.25, -0.2) is 0 Å². The fraction of sp³-hybridized carbons (Fsp3) is 0.300. The Bertz CT molecular complexity index is 738. The van der Waals surface area contributed by atoms with E-state index in [1.807, 2.05) is 25.1 Å². The molecule has 5 heteroatoms. The minimum atomic E-state index is -0.221. The van der Waals surface area contributed by atoms with Gasteiger partial charge in [-0.1, -0.05) is 6.08 Å². The molecule has 0 aliphatic heterocycles. The van der Waals surface area contributed by atoms with E-state index in [0.29, 0.717) is 12.2 Å². The molecule has 2 aromatic rings. The highest BCUT2D eigenvalue weighted by molar-refractivity contribution is 6.03. The van der Waals surface area contributed by atoms with Gasteiger partial charge in [0.05, 0.1) is 0 Å². The first kappa shape index (κ1) is 18.5. The summed E-state index contributed by atoms with van der Waals surface area (Å²) in [6, 6.07) is 9.63. The van der Waals surface area contributed by atoms with Crippen LogP contribution in [-0.2, 0) is 0 Å². The Morgan fingerprint density at radius 3 is 2.64 bits per heavy atom. The predicted molar refractivity (Wildman–Crippen MR) is 106 cm³/mol. The molecule has 0 fully saturated rings. The van der Waals surface area contributed by atoms with E-state index >= 15 is 0 Å². The van der Waals surface area contributed by atoms with Crippen molar-refractivity contribution in [3.8, 4) is 0 Å². The molecular weight excluding hydrogens is 312 g/mol. The molecule has 0 aliphatic rings. The first-order chi connectivity index (χ1) is 12.1. The van der Waals surface area contributed by atoms with Crippen molar-refractivity contribution in [1.29, 1.82) is 0 Å². The van der Waals surface area contributed by atoms with E-state index in [4.69, 9.17) is 0 Å². The highest BCUT2D eigenvalue weighted by Crippen LogP contribution is 2.23. The van der Waals surface area contributed by atoms with Gasteiger partial charge >= 0.3 is 0 Å². The summed E-state index contributed by atoms with van der Waals surface area (Å²) in [5.41, 5.74) is 4.20. The van der Waals surface area contributed by atoms with Gasteiger partial charge in [-0.15, -0.1) is 6.58 Å². The van der Waals surface area contributed by atoms with Gasteiger partial charge in [-0.3, -0.25) is 9.78 Å². The number of nitrogens with one attached hydrogen (secondary N) is 2. The third kappa shape index (κ3) is 4.83. The third-order valence-electron chi connectivity index (χ3n) is 4.03. The summed E-state index contributed by atoms with van der Waals surface area (Å²) in [5.74, 6) is -0.221. The fourth-order valence-electron chi connectivity index (χ4n) is 2.61. The molecule has 2 rings (SSSR count). The second kappa shape index (κ2) is 8.87. The van der Waals surface area contributed by atoms with E-state index in [1.165, 1.54) is 0 Å². The number of benzene rings is 1. The minimum absolute atomic E-state index is 0.221. The van der Waals surface area contributed by atoms with Crippen LogP contribution in [0, 0.1) is 6.92 Å². The number of amides is 1. The maximum absolute atomic E-state index is 12.5. The first-order valence-corrected chi connectivity index (χ1v) is 8.56. The van der Waals surface area contributed by atoms with E-state index in [2.05, 4.69) is 47.0 Å². The highest BCUT2D eigenvalue weighted by atomic mass is 16.1. The van der Waals surface area contributed by atoms with Crippen LogP contribution in [0.25, 0.3) is 0 Å². The predicted octanol–water partition coefficient (Wildman–Crippen LogP) is 4.09. The van der Waals surface area contributed by atoms with Gasteiger partial charge in [0.1, 0.15) is 5.69 Å². The van der Waals surface area contributed by atoms with Gasteiger partial charge in [0, 0.05) is 42.9 Å². The molecule has 0 aliphatic carbocycles. The molecular formula is C20H26N4O. The van der Waals surface area contributed by atoms with Crippen LogP contribution in [0.2, 0.25) is 0 Å². The molecule has 25 heavy (non-hydrogen) atoms. The van der Waals surface area contributed by atoms with Crippen molar-refractivity contribution in [3.05, 3.63) is 60.4 Å². The molecule has 1 heterocycles. The van der Waals surface area contributed by atoms with Crippen LogP contribution in [0.3, 0.4) is 0 Å². The Morgan fingerprint density at radius 1 is 1.24 bits per heavy atom. The van der Waals surface area contributed by atoms with Crippen molar-refractivity contribution >= 4 is 23.0 Å². The summed E-state index contributed by atoms with van der Waals surface area (Å²) in [6.45, 7) is 12.5. The van der Waals surface area contributed by atoms with Gasteiger partial charge < -0.3 is 15.5 Å². The molecule has 0 saturated carbocycles. The zero-order chi connectivity index (χ0) is 18.2. The van der Waals surface area contributed by atoms with E-state index in [0.717, 1.165) is 35.7 Å². The summed E-state index contributed by atoms with van der Waals surface area (Å²) < 4.78 is 0. The molecule has 0 atom stereocenters. The van der Waals surface area contributed by atoms with Crippen molar-refractivity contribution in [2.24, 2.45) is 0 Å². The largest absolute Gasteiger partial charge is 0.381 e. The maximum Gasteiger partial charge on any atom is 0.274 e. The van der Waals surface area contributed by atoms with Crippen LogP contribution in [0.5, 0.6) is 0 Å². The summed E-state index contributed by atoms with van der Waals surface area (Å²) in [4.78, 5) is 18.9. The SMILES string of the molecule is C=CCNc1ccnc(C(=O)Nc2ccc(N(CC)CC)cc2C)c1. The van der Waals surface area contributed by atoms with Crippen molar-refractivity contribution < 1.29 is 4.79 Å². The lowest BCUT2D eigenvalue weighted by atomic mass is 10.1. The zero-order valence-corrected chi connectivity index (χ0v) is 15.2. The third-order valence-corrected chi connectivity index (χ3v) is 4.03. The van der Waals surface area contributed by atoms with Crippen LogP contribution in [-0.4, -0.2) is 30.5 Å². The number of pyridine rings is 1. The molecule has 1 aromatic heterocycles. The molecule has 5 nitrogen and oxygen atoms in total. The van der Waals surface area contributed by atoms with Crippen LogP contribution in [0.15, 0.2) is 49.2 Å². The van der Waals surface area contributed by atoms with Gasteiger partial charge in [0.15, 0.2) is 0 Å². The van der Waals surface area contributed by atoms with E-state index < -0.39 is 0 Å². The van der Waals surface area contributed by atoms with Crippen LogP contribution in [0.1, 0.15) is 29.9 Å². The van der Waals surface area contributed by atoms with Crippen molar-refractivity contribution in [1.82, 2.24) is 4.98 Å². The van der Waals surface area contributed by atoms with Crippen molar-refractivity contribution in [2.75, 3.05) is 35.2 Å². The summed E-state index contributed by atoms with van der Waals surface area (Å²) in [7, 11) is 0. The fourth-order valence-corrected chi connectivity index (χ4v) is 2.61. The van der Waals surface area contributed by atoms with Crippen molar-refractivity contribution in [2.45, 2.75) is 20.8 Å². The average Bonchev–Trinajstić information content (AvgIpc) is 2.63. The Hall–Kier alpha value is -2.82. The Labute approximate surface area is 149 Å². The Balaban J connectivity index is 2.13. The van der Waals surface area contributed by atoms with Crippen LogP contribution < -0.4 is 15.5 Å². The molecule has 0 bridgehead atoms. The molecule has 0 radical (unpaired) electrons. The number of anilines is 3. The van der Waals surface area contributed by atoms with E-state index in [9.17, 15) is 4.79 Å². The Morgan fingerprint density at radius 2 is 2.00 bits per heavy atom. The number of hydrogen-bond donors (Lipinski definition) is 2. The van der Waals surface area contributed by atoms with Gasteiger partial charge in [0.2, 0.25) is 0 Å². The van der Waals surface area contributed by atoms with Gasteiger partial charge in [-0.2, -0.15) is 0 Å². The minimum Gasteiger partial charge on any atom is -0.381 e. The average molecular weight is 338 g/mol. The number of nitrogens with zero attached hydrogens (tertiary/aromatic N) is 2. The lowest BCUT2D eigenvalue weighted by Crippen LogP contribution is -2.22. The number of aromatic nitrogens is 1. The smallest absolute Gasteiger partial charge is 0.274 e.